The van der Waals surface area contributed by atoms with E-state index in [2.05, 4.69) is 26.1 Å². The van der Waals surface area contributed by atoms with E-state index in [9.17, 15) is 9.90 Å². The molecule has 0 heterocycles. The lowest BCUT2D eigenvalue weighted by Crippen LogP contribution is -2.44. The second kappa shape index (κ2) is 15.4. The number of aliphatic hydroxyl groups is 1. The third-order valence-electron chi connectivity index (χ3n) is 5.40. The van der Waals surface area contributed by atoms with Crippen LogP contribution in [0.25, 0.3) is 0 Å². The normalized spacial score (nSPS) is 13.5. The van der Waals surface area contributed by atoms with Gasteiger partial charge in [-0.05, 0) is 24.7 Å². The Labute approximate surface area is 174 Å². The van der Waals surface area contributed by atoms with Crippen LogP contribution in [0, 0.1) is 5.41 Å². The minimum atomic E-state index is -2.58. The molecule has 1 unspecified atom stereocenters. The molecule has 28 heavy (non-hydrogen) atoms. The number of amides is 1. The molecule has 0 saturated carbocycles. The lowest BCUT2D eigenvalue weighted by atomic mass is 9.90. The molecule has 0 rings (SSSR count). The third kappa shape index (κ3) is 12.9. The van der Waals surface area contributed by atoms with Crippen molar-refractivity contribution in [3.05, 3.63) is 0 Å². The average molecular weight is 420 g/mol. The highest BCUT2D eigenvalue weighted by Crippen LogP contribution is 2.27. The van der Waals surface area contributed by atoms with E-state index >= 15 is 0 Å². The summed E-state index contributed by atoms with van der Waals surface area (Å²) < 4.78 is 16.4. The molecule has 0 aliphatic rings. The maximum atomic E-state index is 12.1. The van der Waals surface area contributed by atoms with Crippen molar-refractivity contribution in [2.24, 2.45) is 5.41 Å². The van der Waals surface area contributed by atoms with E-state index in [-0.39, 0.29) is 17.4 Å². The molecule has 0 aliphatic heterocycles. The number of unbranched alkanes of at least 4 members (excludes halogenated alkanes) is 5. The molecular formula is C21H45NO5Si. The van der Waals surface area contributed by atoms with Gasteiger partial charge in [0.15, 0.2) is 0 Å². The molecule has 6 nitrogen and oxygen atoms in total. The van der Waals surface area contributed by atoms with E-state index in [0.29, 0.717) is 25.4 Å². The number of rotatable bonds is 18. The Balaban J connectivity index is 3.99. The van der Waals surface area contributed by atoms with Crippen LogP contribution in [0.1, 0.15) is 85.0 Å². The monoisotopic (exact) mass is 419 g/mol. The molecule has 0 fully saturated rings. The van der Waals surface area contributed by atoms with Crippen molar-refractivity contribution in [2.75, 3.05) is 27.9 Å². The van der Waals surface area contributed by atoms with Crippen molar-refractivity contribution in [3.63, 3.8) is 0 Å². The zero-order chi connectivity index (χ0) is 21.5. The van der Waals surface area contributed by atoms with E-state index in [1.165, 1.54) is 32.1 Å². The Bertz CT molecular complexity index is 394. The van der Waals surface area contributed by atoms with Crippen LogP contribution in [0.5, 0.6) is 0 Å². The molecule has 168 valence electrons. The molecule has 1 atom stereocenters. The molecule has 0 aromatic heterocycles. The molecule has 0 aliphatic carbocycles. The number of carbonyl (C=O) groups is 1. The summed E-state index contributed by atoms with van der Waals surface area (Å²) in [5.41, 5.74) is -0.0827. The minimum Gasteiger partial charge on any atom is -0.393 e. The van der Waals surface area contributed by atoms with Crippen molar-refractivity contribution < 1.29 is 23.2 Å². The van der Waals surface area contributed by atoms with E-state index in [4.69, 9.17) is 13.3 Å². The highest BCUT2D eigenvalue weighted by molar-refractivity contribution is 6.60. The van der Waals surface area contributed by atoms with Crippen LogP contribution in [0.2, 0.25) is 6.04 Å². The van der Waals surface area contributed by atoms with Crippen molar-refractivity contribution >= 4 is 14.7 Å². The van der Waals surface area contributed by atoms with Crippen LogP contribution < -0.4 is 5.32 Å². The SMILES string of the molecule is CCCCCCCCC(O)CCC(=O)NCC(C)(C)CC[Si](OC)(OC)OC. The van der Waals surface area contributed by atoms with Crippen LogP contribution in [-0.2, 0) is 18.1 Å². The summed E-state index contributed by atoms with van der Waals surface area (Å²) in [6, 6.07) is 0.705. The highest BCUT2D eigenvalue weighted by Gasteiger charge is 2.39. The van der Waals surface area contributed by atoms with Crippen molar-refractivity contribution in [3.8, 4) is 0 Å². The Morgan fingerprint density at radius 1 is 1.00 bits per heavy atom. The van der Waals surface area contributed by atoms with Gasteiger partial charge in [-0.1, -0.05) is 59.3 Å². The smallest absolute Gasteiger partial charge is 0.393 e. The van der Waals surface area contributed by atoms with Gasteiger partial charge in [0.05, 0.1) is 6.10 Å². The van der Waals surface area contributed by atoms with Crippen LogP contribution in [0.15, 0.2) is 0 Å². The Morgan fingerprint density at radius 3 is 2.14 bits per heavy atom. The fourth-order valence-corrected chi connectivity index (χ4v) is 5.26. The summed E-state index contributed by atoms with van der Waals surface area (Å²) in [5.74, 6) is 0.00352. The fraction of sp³-hybridized carbons (Fsp3) is 0.952. The van der Waals surface area contributed by atoms with Crippen LogP contribution in [0.3, 0.4) is 0 Å². The van der Waals surface area contributed by atoms with E-state index in [1.54, 1.807) is 21.3 Å². The first-order valence-electron chi connectivity index (χ1n) is 10.8. The number of nitrogens with one attached hydrogen (secondary N) is 1. The molecule has 7 heteroatoms. The molecule has 0 bridgehead atoms. The summed E-state index contributed by atoms with van der Waals surface area (Å²) >= 11 is 0. The van der Waals surface area contributed by atoms with Gasteiger partial charge in [-0.25, -0.2) is 0 Å². The average Bonchev–Trinajstić information content (AvgIpc) is 2.69. The zero-order valence-electron chi connectivity index (χ0n) is 19.1. The largest absolute Gasteiger partial charge is 0.500 e. The lowest BCUT2D eigenvalue weighted by Gasteiger charge is -2.30. The predicted octanol–water partition coefficient (Wildman–Crippen LogP) is 4.29. The maximum Gasteiger partial charge on any atom is 0.500 e. The molecule has 0 aromatic carbocycles. The van der Waals surface area contributed by atoms with Gasteiger partial charge in [-0.3, -0.25) is 4.79 Å². The summed E-state index contributed by atoms with van der Waals surface area (Å²) in [4.78, 5) is 12.1. The summed E-state index contributed by atoms with van der Waals surface area (Å²) in [6.45, 7) is 7.02. The quantitative estimate of drug-likeness (QED) is 0.256. The second-order valence-electron chi connectivity index (χ2n) is 8.49. The molecule has 0 aromatic rings. The maximum absolute atomic E-state index is 12.1. The van der Waals surface area contributed by atoms with E-state index in [1.807, 2.05) is 0 Å². The molecular weight excluding hydrogens is 374 g/mol. The second-order valence-corrected chi connectivity index (χ2v) is 11.6. The van der Waals surface area contributed by atoms with Gasteiger partial charge in [-0.15, -0.1) is 0 Å². The van der Waals surface area contributed by atoms with Gasteiger partial charge in [0.1, 0.15) is 0 Å². The number of carbonyl (C=O) groups excluding carboxylic acids is 1. The topological polar surface area (TPSA) is 77.0 Å². The number of hydrogen-bond donors (Lipinski definition) is 2. The van der Waals surface area contributed by atoms with Crippen molar-refractivity contribution in [2.45, 2.75) is 97.1 Å². The number of aliphatic hydroxyl groups excluding tert-OH is 1. The molecule has 1 amide bonds. The van der Waals surface area contributed by atoms with E-state index in [0.717, 1.165) is 19.3 Å². The first kappa shape index (κ1) is 27.5. The Morgan fingerprint density at radius 2 is 1.57 bits per heavy atom. The Kier molecular flexibility index (Phi) is 15.1. The standard InChI is InChI=1S/C21H45NO5Si/c1-7-8-9-10-11-12-13-19(23)14-15-20(24)22-18-21(2,3)16-17-28(25-4,26-5)27-6/h19,23H,7-18H2,1-6H3,(H,22,24). The fourth-order valence-electron chi connectivity index (χ4n) is 3.16. The van der Waals surface area contributed by atoms with Gasteiger partial charge in [0, 0.05) is 40.3 Å². The highest BCUT2D eigenvalue weighted by atomic mass is 28.4. The van der Waals surface area contributed by atoms with Crippen molar-refractivity contribution in [1.29, 1.82) is 0 Å². The third-order valence-corrected chi connectivity index (χ3v) is 8.13. The summed E-state index contributed by atoms with van der Waals surface area (Å²) in [5, 5.41) is 13.1. The summed E-state index contributed by atoms with van der Waals surface area (Å²) in [7, 11) is 2.26. The van der Waals surface area contributed by atoms with Gasteiger partial charge >= 0.3 is 8.80 Å². The van der Waals surface area contributed by atoms with Gasteiger partial charge < -0.3 is 23.7 Å². The van der Waals surface area contributed by atoms with Crippen LogP contribution in [0.4, 0.5) is 0 Å². The molecule has 2 N–H and O–H groups in total. The Hall–Kier alpha value is -0.473. The van der Waals surface area contributed by atoms with Gasteiger partial charge in [-0.2, -0.15) is 0 Å². The van der Waals surface area contributed by atoms with Gasteiger partial charge in [0.2, 0.25) is 5.91 Å². The van der Waals surface area contributed by atoms with E-state index < -0.39 is 8.80 Å². The molecule has 0 spiro atoms. The summed E-state index contributed by atoms with van der Waals surface area (Å²) in [6.07, 6.45) is 9.46. The minimum absolute atomic E-state index is 0.00352. The number of hydrogen-bond acceptors (Lipinski definition) is 5. The first-order valence-corrected chi connectivity index (χ1v) is 12.8. The molecule has 0 saturated heterocycles. The predicted molar refractivity (Wildman–Crippen MR) is 116 cm³/mol. The molecule has 0 radical (unpaired) electrons. The van der Waals surface area contributed by atoms with Crippen molar-refractivity contribution in [1.82, 2.24) is 5.32 Å². The lowest BCUT2D eigenvalue weighted by molar-refractivity contribution is -0.122. The van der Waals surface area contributed by atoms with Gasteiger partial charge in [0.25, 0.3) is 0 Å². The van der Waals surface area contributed by atoms with Crippen LogP contribution in [-0.4, -0.2) is 53.8 Å². The van der Waals surface area contributed by atoms with Crippen LogP contribution >= 0.6 is 0 Å². The zero-order valence-corrected chi connectivity index (χ0v) is 20.1. The first-order chi connectivity index (χ1) is 13.2.